The number of nitrogens with two attached hydrogens (primary N) is 1. The molecule has 0 saturated carbocycles. The second-order valence-electron chi connectivity index (χ2n) is 6.64. The maximum atomic E-state index is 5.93. The molecule has 128 valence electrons. The fraction of sp³-hybridized carbons (Fsp3) is 0.429. The molecule has 24 heavy (non-hydrogen) atoms. The van der Waals surface area contributed by atoms with Gasteiger partial charge in [-0.15, -0.1) is 0 Å². The summed E-state index contributed by atoms with van der Waals surface area (Å²) < 4.78 is 5.53. The molecule has 2 aromatic rings. The minimum absolute atomic E-state index is 0.101. The standard InChI is InChI=1S/C21H28N2O/c1-3-24-21-10-6-18(7-11-21)19-12-14-23(15-13-19)20-8-4-17(5-9-20)16(2)22/h4-11,16,19H,3,12-15,22H2,1-2H3/t16-/m0/s1. The molecule has 0 unspecified atom stereocenters. The molecule has 0 bridgehead atoms. The molecule has 1 atom stereocenters. The van der Waals surface area contributed by atoms with Gasteiger partial charge < -0.3 is 15.4 Å². The zero-order chi connectivity index (χ0) is 16.9. The van der Waals surface area contributed by atoms with Crippen molar-refractivity contribution >= 4 is 5.69 Å². The molecule has 2 N–H and O–H groups in total. The Kier molecular flexibility index (Phi) is 5.41. The summed E-state index contributed by atoms with van der Waals surface area (Å²) in [5.74, 6) is 1.62. The minimum atomic E-state index is 0.101. The van der Waals surface area contributed by atoms with E-state index >= 15 is 0 Å². The van der Waals surface area contributed by atoms with Crippen molar-refractivity contribution in [1.29, 1.82) is 0 Å². The van der Waals surface area contributed by atoms with Gasteiger partial charge in [0, 0.05) is 24.8 Å². The Balaban J connectivity index is 1.58. The van der Waals surface area contributed by atoms with Gasteiger partial charge in [0.05, 0.1) is 6.61 Å². The molecule has 2 aromatic carbocycles. The van der Waals surface area contributed by atoms with Crippen LogP contribution in [-0.4, -0.2) is 19.7 Å². The van der Waals surface area contributed by atoms with E-state index in [0.717, 1.165) is 25.4 Å². The SMILES string of the molecule is CCOc1ccc(C2CCN(c3ccc([C@H](C)N)cc3)CC2)cc1. The first-order valence-electron chi connectivity index (χ1n) is 9.00. The molecule has 0 amide bonds. The third-order valence-electron chi connectivity index (χ3n) is 4.94. The first-order chi connectivity index (χ1) is 11.7. The molecule has 0 spiro atoms. The number of ether oxygens (including phenoxy) is 1. The van der Waals surface area contributed by atoms with Crippen molar-refractivity contribution in [2.75, 3.05) is 24.6 Å². The summed E-state index contributed by atoms with van der Waals surface area (Å²) in [6, 6.07) is 17.5. The normalized spacial score (nSPS) is 16.9. The van der Waals surface area contributed by atoms with Crippen LogP contribution in [0.1, 0.15) is 49.8 Å². The topological polar surface area (TPSA) is 38.5 Å². The summed E-state index contributed by atoms with van der Waals surface area (Å²) >= 11 is 0. The molecule has 0 aromatic heterocycles. The molecule has 1 aliphatic rings. The number of hydrogen-bond acceptors (Lipinski definition) is 3. The summed E-state index contributed by atoms with van der Waals surface area (Å²) in [6.07, 6.45) is 2.39. The average Bonchev–Trinajstić information content (AvgIpc) is 2.63. The molecule has 1 saturated heterocycles. The Hall–Kier alpha value is -2.00. The third-order valence-corrected chi connectivity index (χ3v) is 4.94. The van der Waals surface area contributed by atoms with Crippen molar-refractivity contribution in [3.63, 3.8) is 0 Å². The van der Waals surface area contributed by atoms with Gasteiger partial charge >= 0.3 is 0 Å². The van der Waals surface area contributed by atoms with E-state index in [1.165, 1.54) is 29.7 Å². The van der Waals surface area contributed by atoms with Crippen molar-refractivity contribution < 1.29 is 4.74 Å². The molecule has 0 aliphatic carbocycles. The maximum absolute atomic E-state index is 5.93. The van der Waals surface area contributed by atoms with E-state index in [2.05, 4.69) is 53.4 Å². The second kappa shape index (κ2) is 7.71. The van der Waals surface area contributed by atoms with Crippen LogP contribution < -0.4 is 15.4 Å². The lowest BCUT2D eigenvalue weighted by Gasteiger charge is -2.34. The molecule has 1 aliphatic heterocycles. The monoisotopic (exact) mass is 324 g/mol. The lowest BCUT2D eigenvalue weighted by molar-refractivity contribution is 0.340. The van der Waals surface area contributed by atoms with Gasteiger partial charge in [0.15, 0.2) is 0 Å². The largest absolute Gasteiger partial charge is 0.494 e. The summed E-state index contributed by atoms with van der Waals surface area (Å²) in [4.78, 5) is 2.48. The Morgan fingerprint density at radius 1 is 1.04 bits per heavy atom. The molecule has 1 fully saturated rings. The van der Waals surface area contributed by atoms with Crippen molar-refractivity contribution in [2.24, 2.45) is 5.73 Å². The quantitative estimate of drug-likeness (QED) is 0.880. The Bertz CT molecular complexity index is 626. The predicted octanol–water partition coefficient (Wildman–Crippen LogP) is 4.49. The minimum Gasteiger partial charge on any atom is -0.494 e. The molecule has 1 heterocycles. The highest BCUT2D eigenvalue weighted by atomic mass is 16.5. The highest BCUT2D eigenvalue weighted by molar-refractivity contribution is 5.48. The first kappa shape index (κ1) is 16.8. The van der Waals surface area contributed by atoms with Gasteiger partial charge in [0.1, 0.15) is 5.75 Å². The van der Waals surface area contributed by atoms with E-state index in [0.29, 0.717) is 5.92 Å². The van der Waals surface area contributed by atoms with Crippen LogP contribution in [0.5, 0.6) is 5.75 Å². The lowest BCUT2D eigenvalue weighted by Crippen LogP contribution is -2.32. The van der Waals surface area contributed by atoms with Gasteiger partial charge in [-0.2, -0.15) is 0 Å². The summed E-state index contributed by atoms with van der Waals surface area (Å²) in [6.45, 7) is 6.98. The van der Waals surface area contributed by atoms with Crippen LogP contribution >= 0.6 is 0 Å². The molecule has 3 heteroatoms. The third kappa shape index (κ3) is 3.90. The number of nitrogens with zero attached hydrogens (tertiary/aromatic N) is 1. The van der Waals surface area contributed by atoms with Crippen LogP contribution in [0.15, 0.2) is 48.5 Å². The average molecular weight is 324 g/mol. The van der Waals surface area contributed by atoms with Crippen molar-refractivity contribution in [3.05, 3.63) is 59.7 Å². The van der Waals surface area contributed by atoms with Crippen LogP contribution in [0.2, 0.25) is 0 Å². The van der Waals surface area contributed by atoms with Gasteiger partial charge in [0.25, 0.3) is 0 Å². The number of hydrogen-bond donors (Lipinski definition) is 1. The summed E-state index contributed by atoms with van der Waals surface area (Å²) in [5, 5.41) is 0. The fourth-order valence-electron chi connectivity index (χ4n) is 3.46. The van der Waals surface area contributed by atoms with E-state index in [1.807, 2.05) is 13.8 Å². The van der Waals surface area contributed by atoms with E-state index in [9.17, 15) is 0 Å². The molecular weight excluding hydrogens is 296 g/mol. The predicted molar refractivity (Wildman–Crippen MR) is 101 cm³/mol. The van der Waals surface area contributed by atoms with Crippen molar-refractivity contribution in [1.82, 2.24) is 0 Å². The second-order valence-corrected chi connectivity index (χ2v) is 6.64. The molecule has 3 nitrogen and oxygen atoms in total. The number of rotatable bonds is 5. The van der Waals surface area contributed by atoms with Gasteiger partial charge in [-0.3, -0.25) is 0 Å². The zero-order valence-electron chi connectivity index (χ0n) is 14.7. The first-order valence-corrected chi connectivity index (χ1v) is 9.00. The van der Waals surface area contributed by atoms with Gasteiger partial charge in [-0.05, 0) is 68.0 Å². The molecule has 3 rings (SSSR count). The summed E-state index contributed by atoms with van der Waals surface area (Å²) in [5.41, 5.74) is 9.87. The molecular formula is C21H28N2O. The fourth-order valence-corrected chi connectivity index (χ4v) is 3.46. The maximum Gasteiger partial charge on any atom is 0.119 e. The van der Waals surface area contributed by atoms with Crippen molar-refractivity contribution in [3.8, 4) is 5.75 Å². The van der Waals surface area contributed by atoms with Crippen LogP contribution in [0.3, 0.4) is 0 Å². The van der Waals surface area contributed by atoms with Crippen molar-refractivity contribution in [2.45, 2.75) is 38.6 Å². The number of benzene rings is 2. The Labute approximate surface area is 145 Å². The van der Waals surface area contributed by atoms with Crippen LogP contribution in [0, 0.1) is 0 Å². The van der Waals surface area contributed by atoms with Crippen LogP contribution in [0.25, 0.3) is 0 Å². The highest BCUT2D eigenvalue weighted by Crippen LogP contribution is 2.31. The zero-order valence-corrected chi connectivity index (χ0v) is 14.7. The Morgan fingerprint density at radius 2 is 1.67 bits per heavy atom. The molecule has 0 radical (unpaired) electrons. The van der Waals surface area contributed by atoms with Crippen LogP contribution in [0.4, 0.5) is 5.69 Å². The van der Waals surface area contributed by atoms with E-state index in [4.69, 9.17) is 10.5 Å². The van der Waals surface area contributed by atoms with E-state index < -0.39 is 0 Å². The van der Waals surface area contributed by atoms with Gasteiger partial charge in [0.2, 0.25) is 0 Å². The summed E-state index contributed by atoms with van der Waals surface area (Å²) in [7, 11) is 0. The van der Waals surface area contributed by atoms with E-state index in [1.54, 1.807) is 0 Å². The smallest absolute Gasteiger partial charge is 0.119 e. The van der Waals surface area contributed by atoms with E-state index in [-0.39, 0.29) is 6.04 Å². The Morgan fingerprint density at radius 3 is 2.21 bits per heavy atom. The number of anilines is 1. The van der Waals surface area contributed by atoms with Gasteiger partial charge in [-0.1, -0.05) is 24.3 Å². The number of piperidine rings is 1. The highest BCUT2D eigenvalue weighted by Gasteiger charge is 2.20. The van der Waals surface area contributed by atoms with Gasteiger partial charge in [-0.25, -0.2) is 0 Å². The lowest BCUT2D eigenvalue weighted by atomic mass is 9.89. The van der Waals surface area contributed by atoms with Crippen LogP contribution in [-0.2, 0) is 0 Å².